The maximum Gasteiger partial charge on any atom is 0.240 e. The molecule has 0 heterocycles. The molecular weight excluding hydrogens is 240 g/mol. The molecule has 0 saturated heterocycles. The van der Waals surface area contributed by atoms with Crippen molar-refractivity contribution in [1.29, 1.82) is 5.26 Å². The molecule has 0 aromatic rings. The van der Waals surface area contributed by atoms with E-state index < -0.39 is 5.41 Å². The Balaban J connectivity index is 2.74. The zero-order chi connectivity index (χ0) is 14.3. The first-order valence-electron chi connectivity index (χ1n) is 7.38. The summed E-state index contributed by atoms with van der Waals surface area (Å²) in [6.45, 7) is 4.03. The lowest BCUT2D eigenvalue weighted by Gasteiger charge is -2.28. The molecule has 1 saturated carbocycles. The minimum atomic E-state index is -0.857. The molecule has 4 nitrogen and oxygen atoms in total. The molecule has 4 heteroatoms. The number of methoxy groups -OCH3 is 1. The predicted molar refractivity (Wildman–Crippen MR) is 74.4 cm³/mol. The summed E-state index contributed by atoms with van der Waals surface area (Å²) >= 11 is 0. The summed E-state index contributed by atoms with van der Waals surface area (Å²) in [5.74, 6) is -0.104. The molecule has 19 heavy (non-hydrogen) atoms. The first-order chi connectivity index (χ1) is 9.13. The number of amides is 1. The Bertz CT molecular complexity index is 330. The van der Waals surface area contributed by atoms with Crippen LogP contribution in [0.1, 0.15) is 58.8 Å². The SMILES string of the molecule is CCCC(C#N)(CCC)C(=O)NC1CCCC1OC. The van der Waals surface area contributed by atoms with Gasteiger partial charge in [0.2, 0.25) is 5.91 Å². The molecule has 0 aromatic carbocycles. The predicted octanol–water partition coefficient (Wildman–Crippen LogP) is 2.78. The highest BCUT2D eigenvalue weighted by molar-refractivity contribution is 5.85. The van der Waals surface area contributed by atoms with Gasteiger partial charge in [0.05, 0.1) is 18.2 Å². The largest absolute Gasteiger partial charge is 0.379 e. The minimum Gasteiger partial charge on any atom is -0.379 e. The molecule has 1 N–H and O–H groups in total. The van der Waals surface area contributed by atoms with Crippen molar-refractivity contribution >= 4 is 5.91 Å². The van der Waals surface area contributed by atoms with Crippen LogP contribution in [0.4, 0.5) is 0 Å². The summed E-state index contributed by atoms with van der Waals surface area (Å²) < 4.78 is 5.39. The average molecular weight is 266 g/mol. The minimum absolute atomic E-state index is 0.0685. The molecule has 1 fully saturated rings. The Morgan fingerprint density at radius 1 is 1.37 bits per heavy atom. The molecule has 1 aliphatic carbocycles. The number of nitrogens with one attached hydrogen (secondary N) is 1. The molecule has 108 valence electrons. The first kappa shape index (κ1) is 16.0. The zero-order valence-corrected chi connectivity index (χ0v) is 12.4. The second-order valence-corrected chi connectivity index (χ2v) is 5.48. The van der Waals surface area contributed by atoms with Crippen LogP contribution in [-0.4, -0.2) is 25.2 Å². The maximum atomic E-state index is 12.5. The molecule has 2 unspecified atom stereocenters. The number of ether oxygens (including phenoxy) is 1. The highest BCUT2D eigenvalue weighted by atomic mass is 16.5. The van der Waals surface area contributed by atoms with Gasteiger partial charge in [-0.15, -0.1) is 0 Å². The fraction of sp³-hybridized carbons (Fsp3) is 0.867. The zero-order valence-electron chi connectivity index (χ0n) is 12.4. The lowest BCUT2D eigenvalue weighted by Crippen LogP contribution is -2.48. The lowest BCUT2D eigenvalue weighted by atomic mass is 9.79. The Morgan fingerprint density at radius 3 is 2.47 bits per heavy atom. The van der Waals surface area contributed by atoms with E-state index in [0.717, 1.165) is 32.1 Å². The van der Waals surface area contributed by atoms with Crippen LogP contribution in [-0.2, 0) is 9.53 Å². The Morgan fingerprint density at radius 2 is 2.00 bits per heavy atom. The van der Waals surface area contributed by atoms with Gasteiger partial charge in [-0.1, -0.05) is 26.7 Å². The fourth-order valence-corrected chi connectivity index (χ4v) is 3.05. The Kier molecular flexibility index (Phi) is 6.30. The van der Waals surface area contributed by atoms with Crippen molar-refractivity contribution in [3.63, 3.8) is 0 Å². The molecule has 0 aliphatic heterocycles. The molecule has 0 bridgehead atoms. The molecule has 0 spiro atoms. The quantitative estimate of drug-likeness (QED) is 0.770. The molecular formula is C15H26N2O2. The van der Waals surface area contributed by atoms with Crippen LogP contribution in [0.5, 0.6) is 0 Å². The van der Waals surface area contributed by atoms with Gasteiger partial charge in [0, 0.05) is 7.11 Å². The van der Waals surface area contributed by atoms with Crippen molar-refractivity contribution in [3.8, 4) is 6.07 Å². The van der Waals surface area contributed by atoms with Gasteiger partial charge in [0.15, 0.2) is 0 Å². The second-order valence-electron chi connectivity index (χ2n) is 5.48. The monoisotopic (exact) mass is 266 g/mol. The van der Waals surface area contributed by atoms with Crippen molar-refractivity contribution in [1.82, 2.24) is 5.32 Å². The van der Waals surface area contributed by atoms with Crippen molar-refractivity contribution < 1.29 is 9.53 Å². The molecule has 1 amide bonds. The average Bonchev–Trinajstić information content (AvgIpc) is 2.85. The Hall–Kier alpha value is -1.08. The number of nitriles is 1. The van der Waals surface area contributed by atoms with Crippen molar-refractivity contribution in [2.24, 2.45) is 5.41 Å². The summed E-state index contributed by atoms with van der Waals surface area (Å²) in [4.78, 5) is 12.5. The first-order valence-corrected chi connectivity index (χ1v) is 7.38. The standard InChI is InChI=1S/C15H26N2O2/c1-4-9-15(11-16,10-5-2)14(18)17-12-7-6-8-13(12)19-3/h12-13H,4-10H2,1-3H3,(H,17,18). The summed E-state index contributed by atoms with van der Waals surface area (Å²) in [6, 6.07) is 2.34. The summed E-state index contributed by atoms with van der Waals surface area (Å²) in [5.41, 5.74) is -0.857. The Labute approximate surface area is 116 Å². The van der Waals surface area contributed by atoms with Crippen molar-refractivity contribution in [2.75, 3.05) is 7.11 Å². The highest BCUT2D eigenvalue weighted by Gasteiger charge is 2.39. The van der Waals surface area contributed by atoms with Crippen molar-refractivity contribution in [3.05, 3.63) is 0 Å². The van der Waals surface area contributed by atoms with Crippen LogP contribution < -0.4 is 5.32 Å². The van der Waals surface area contributed by atoms with Gasteiger partial charge in [0.25, 0.3) is 0 Å². The number of carbonyl (C=O) groups excluding carboxylic acids is 1. The van der Waals surface area contributed by atoms with E-state index in [4.69, 9.17) is 4.74 Å². The van der Waals surface area contributed by atoms with Crippen LogP contribution in [0, 0.1) is 16.7 Å². The van der Waals surface area contributed by atoms with Gasteiger partial charge in [-0.3, -0.25) is 4.79 Å². The third-order valence-corrected chi connectivity index (χ3v) is 4.07. The third kappa shape index (κ3) is 3.70. The van der Waals surface area contributed by atoms with Gasteiger partial charge in [-0.05, 0) is 32.1 Å². The van der Waals surface area contributed by atoms with Crippen LogP contribution in [0.3, 0.4) is 0 Å². The molecule has 0 aromatic heterocycles. The van der Waals surface area contributed by atoms with E-state index in [9.17, 15) is 10.1 Å². The smallest absolute Gasteiger partial charge is 0.240 e. The van der Waals surface area contributed by atoms with Gasteiger partial charge in [-0.2, -0.15) is 5.26 Å². The van der Waals surface area contributed by atoms with E-state index in [-0.39, 0.29) is 18.1 Å². The highest BCUT2D eigenvalue weighted by Crippen LogP contribution is 2.31. The number of hydrogen-bond acceptors (Lipinski definition) is 3. The van der Waals surface area contributed by atoms with Crippen LogP contribution >= 0.6 is 0 Å². The van der Waals surface area contributed by atoms with E-state index in [1.54, 1.807) is 7.11 Å². The molecule has 1 aliphatic rings. The third-order valence-electron chi connectivity index (χ3n) is 4.07. The molecule has 0 radical (unpaired) electrons. The molecule has 1 rings (SSSR count). The van der Waals surface area contributed by atoms with Crippen LogP contribution in [0.25, 0.3) is 0 Å². The second kappa shape index (κ2) is 7.49. The topological polar surface area (TPSA) is 62.1 Å². The van der Waals surface area contributed by atoms with Crippen LogP contribution in [0.15, 0.2) is 0 Å². The number of rotatable bonds is 7. The fourth-order valence-electron chi connectivity index (χ4n) is 3.05. The number of hydrogen-bond donors (Lipinski definition) is 1. The van der Waals surface area contributed by atoms with Crippen molar-refractivity contribution in [2.45, 2.75) is 70.9 Å². The van der Waals surface area contributed by atoms with E-state index in [1.165, 1.54) is 0 Å². The van der Waals surface area contributed by atoms with Crippen LogP contribution in [0.2, 0.25) is 0 Å². The van der Waals surface area contributed by atoms with E-state index in [1.807, 2.05) is 13.8 Å². The van der Waals surface area contributed by atoms with E-state index >= 15 is 0 Å². The van der Waals surface area contributed by atoms with E-state index in [2.05, 4.69) is 11.4 Å². The number of nitrogens with zero attached hydrogens (tertiary/aromatic N) is 1. The van der Waals surface area contributed by atoms with Gasteiger partial charge in [-0.25, -0.2) is 0 Å². The summed E-state index contributed by atoms with van der Waals surface area (Å²) in [6.07, 6.45) is 6.07. The van der Waals surface area contributed by atoms with E-state index in [0.29, 0.717) is 12.8 Å². The van der Waals surface area contributed by atoms with Gasteiger partial charge < -0.3 is 10.1 Å². The maximum absolute atomic E-state index is 12.5. The normalized spacial score (nSPS) is 23.1. The van der Waals surface area contributed by atoms with Gasteiger partial charge in [0.1, 0.15) is 5.41 Å². The molecule has 2 atom stereocenters. The summed E-state index contributed by atoms with van der Waals surface area (Å²) in [7, 11) is 1.69. The number of carbonyl (C=O) groups is 1. The summed E-state index contributed by atoms with van der Waals surface area (Å²) in [5, 5.41) is 12.5. The lowest BCUT2D eigenvalue weighted by molar-refractivity contribution is -0.130. The van der Waals surface area contributed by atoms with Gasteiger partial charge >= 0.3 is 0 Å².